The molecule has 104 valence electrons. The first-order chi connectivity index (χ1) is 9.15. The molecule has 1 fully saturated rings. The van der Waals surface area contributed by atoms with E-state index in [0.29, 0.717) is 5.92 Å². The van der Waals surface area contributed by atoms with E-state index in [-0.39, 0.29) is 5.54 Å². The van der Waals surface area contributed by atoms with Crippen LogP contribution in [0.15, 0.2) is 24.3 Å². The molecular weight excluding hydrogens is 236 g/mol. The SMILES string of the molecule is CC1(C)COCCN1CC1CNc2ccccc2C1. The molecular formula is C16H24N2O. The van der Waals surface area contributed by atoms with Crippen molar-refractivity contribution in [3.8, 4) is 0 Å². The van der Waals surface area contributed by atoms with E-state index in [1.165, 1.54) is 17.7 Å². The zero-order chi connectivity index (χ0) is 13.3. The number of fused-ring (bicyclic) bond motifs is 1. The van der Waals surface area contributed by atoms with Crippen LogP contribution in [-0.2, 0) is 11.2 Å². The third-order valence-electron chi connectivity index (χ3n) is 4.40. The molecule has 0 aromatic heterocycles. The highest BCUT2D eigenvalue weighted by atomic mass is 16.5. The van der Waals surface area contributed by atoms with E-state index >= 15 is 0 Å². The summed E-state index contributed by atoms with van der Waals surface area (Å²) in [5.74, 6) is 0.701. The first-order valence-corrected chi connectivity index (χ1v) is 7.30. The monoisotopic (exact) mass is 260 g/mol. The van der Waals surface area contributed by atoms with Crippen molar-refractivity contribution >= 4 is 5.69 Å². The molecule has 0 aliphatic carbocycles. The van der Waals surface area contributed by atoms with Gasteiger partial charge in [-0.3, -0.25) is 4.90 Å². The Bertz CT molecular complexity index is 444. The second-order valence-corrected chi connectivity index (χ2v) is 6.42. The van der Waals surface area contributed by atoms with Gasteiger partial charge in [-0.2, -0.15) is 0 Å². The summed E-state index contributed by atoms with van der Waals surface area (Å²) in [6.45, 7) is 9.61. The van der Waals surface area contributed by atoms with Gasteiger partial charge in [0, 0.05) is 30.9 Å². The fourth-order valence-electron chi connectivity index (χ4n) is 3.18. The second kappa shape index (κ2) is 5.14. The van der Waals surface area contributed by atoms with E-state index in [4.69, 9.17) is 4.74 Å². The molecule has 0 spiro atoms. The number of morpholine rings is 1. The highest BCUT2D eigenvalue weighted by molar-refractivity contribution is 5.53. The molecule has 0 bridgehead atoms. The number of para-hydroxylation sites is 1. The zero-order valence-corrected chi connectivity index (χ0v) is 12.0. The Morgan fingerprint density at radius 2 is 2.21 bits per heavy atom. The molecule has 1 saturated heterocycles. The standard InChI is InChI=1S/C16H24N2O/c1-16(2)12-19-8-7-18(16)11-13-9-14-5-3-4-6-15(14)17-10-13/h3-6,13,17H,7-12H2,1-2H3. The Labute approximate surface area is 115 Å². The molecule has 1 N–H and O–H groups in total. The van der Waals surface area contributed by atoms with Crippen molar-refractivity contribution in [2.75, 3.05) is 38.2 Å². The van der Waals surface area contributed by atoms with E-state index in [0.717, 1.165) is 32.8 Å². The van der Waals surface area contributed by atoms with Gasteiger partial charge in [0.1, 0.15) is 0 Å². The Morgan fingerprint density at radius 3 is 3.05 bits per heavy atom. The normalized spacial score (nSPS) is 26.5. The van der Waals surface area contributed by atoms with Crippen molar-refractivity contribution in [2.24, 2.45) is 5.92 Å². The smallest absolute Gasteiger partial charge is 0.0645 e. The minimum absolute atomic E-state index is 0.176. The molecule has 2 aliphatic heterocycles. The van der Waals surface area contributed by atoms with E-state index in [2.05, 4.69) is 48.3 Å². The van der Waals surface area contributed by atoms with Crippen LogP contribution in [-0.4, -0.2) is 43.3 Å². The number of ether oxygens (including phenoxy) is 1. The van der Waals surface area contributed by atoms with Gasteiger partial charge in [0.2, 0.25) is 0 Å². The van der Waals surface area contributed by atoms with Gasteiger partial charge in [0.05, 0.1) is 13.2 Å². The van der Waals surface area contributed by atoms with Crippen molar-refractivity contribution in [3.63, 3.8) is 0 Å². The maximum Gasteiger partial charge on any atom is 0.0645 e. The summed E-state index contributed by atoms with van der Waals surface area (Å²) in [4.78, 5) is 2.59. The third kappa shape index (κ3) is 2.77. The molecule has 1 aromatic rings. The molecule has 0 amide bonds. The highest BCUT2D eigenvalue weighted by Gasteiger charge is 2.32. The van der Waals surface area contributed by atoms with Gasteiger partial charge < -0.3 is 10.1 Å². The molecule has 1 atom stereocenters. The summed E-state index contributed by atoms with van der Waals surface area (Å²) in [6.07, 6.45) is 1.19. The molecule has 3 heteroatoms. The van der Waals surface area contributed by atoms with E-state index in [9.17, 15) is 0 Å². The van der Waals surface area contributed by atoms with E-state index in [1.54, 1.807) is 0 Å². The molecule has 19 heavy (non-hydrogen) atoms. The predicted octanol–water partition coefficient (Wildman–Crippen LogP) is 2.38. The Kier molecular flexibility index (Phi) is 3.50. The fraction of sp³-hybridized carbons (Fsp3) is 0.625. The van der Waals surface area contributed by atoms with Crippen LogP contribution >= 0.6 is 0 Å². The minimum atomic E-state index is 0.176. The van der Waals surface area contributed by atoms with Gasteiger partial charge in [-0.05, 0) is 37.8 Å². The lowest BCUT2D eigenvalue weighted by atomic mass is 9.91. The largest absolute Gasteiger partial charge is 0.384 e. The molecule has 0 radical (unpaired) electrons. The van der Waals surface area contributed by atoms with Crippen LogP contribution in [0.4, 0.5) is 5.69 Å². The topological polar surface area (TPSA) is 24.5 Å². The second-order valence-electron chi connectivity index (χ2n) is 6.42. The molecule has 0 saturated carbocycles. The summed E-state index contributed by atoms with van der Waals surface area (Å²) in [7, 11) is 0. The molecule has 3 rings (SSSR count). The molecule has 1 aromatic carbocycles. The van der Waals surface area contributed by atoms with Gasteiger partial charge in [0.15, 0.2) is 0 Å². The zero-order valence-electron chi connectivity index (χ0n) is 12.0. The van der Waals surface area contributed by atoms with Gasteiger partial charge >= 0.3 is 0 Å². The predicted molar refractivity (Wildman–Crippen MR) is 78.6 cm³/mol. The van der Waals surface area contributed by atoms with Crippen LogP contribution in [0.2, 0.25) is 0 Å². The van der Waals surface area contributed by atoms with Crippen molar-refractivity contribution in [3.05, 3.63) is 29.8 Å². The molecule has 2 heterocycles. The van der Waals surface area contributed by atoms with Gasteiger partial charge in [-0.25, -0.2) is 0 Å². The van der Waals surface area contributed by atoms with Crippen LogP contribution < -0.4 is 5.32 Å². The van der Waals surface area contributed by atoms with Crippen molar-refractivity contribution in [1.29, 1.82) is 0 Å². The van der Waals surface area contributed by atoms with Crippen LogP contribution in [0.25, 0.3) is 0 Å². The highest BCUT2D eigenvalue weighted by Crippen LogP contribution is 2.27. The summed E-state index contributed by atoms with van der Waals surface area (Å²) in [5.41, 5.74) is 2.96. The first kappa shape index (κ1) is 12.9. The number of hydrogen-bond donors (Lipinski definition) is 1. The summed E-state index contributed by atoms with van der Waals surface area (Å²) < 4.78 is 5.60. The Balaban J connectivity index is 1.65. The summed E-state index contributed by atoms with van der Waals surface area (Å²) in [6, 6.07) is 8.68. The third-order valence-corrected chi connectivity index (χ3v) is 4.40. The fourth-order valence-corrected chi connectivity index (χ4v) is 3.18. The number of hydrogen-bond acceptors (Lipinski definition) is 3. The van der Waals surface area contributed by atoms with Gasteiger partial charge in [-0.1, -0.05) is 18.2 Å². The maximum atomic E-state index is 5.60. The van der Waals surface area contributed by atoms with Gasteiger partial charge in [-0.15, -0.1) is 0 Å². The minimum Gasteiger partial charge on any atom is -0.384 e. The van der Waals surface area contributed by atoms with E-state index < -0.39 is 0 Å². The lowest BCUT2D eigenvalue weighted by Gasteiger charge is -2.44. The number of nitrogens with one attached hydrogen (secondary N) is 1. The van der Waals surface area contributed by atoms with Crippen molar-refractivity contribution in [1.82, 2.24) is 4.90 Å². The van der Waals surface area contributed by atoms with Crippen LogP contribution in [0, 0.1) is 5.92 Å². The molecule has 3 nitrogen and oxygen atoms in total. The number of benzene rings is 1. The lowest BCUT2D eigenvalue weighted by Crippen LogP contribution is -2.55. The number of rotatable bonds is 2. The molecule has 1 unspecified atom stereocenters. The maximum absolute atomic E-state index is 5.60. The van der Waals surface area contributed by atoms with Crippen molar-refractivity contribution in [2.45, 2.75) is 25.8 Å². The quantitative estimate of drug-likeness (QED) is 0.883. The van der Waals surface area contributed by atoms with Crippen LogP contribution in [0.5, 0.6) is 0 Å². The number of anilines is 1. The molecule has 2 aliphatic rings. The van der Waals surface area contributed by atoms with Crippen LogP contribution in [0.1, 0.15) is 19.4 Å². The number of nitrogens with zero attached hydrogens (tertiary/aromatic N) is 1. The van der Waals surface area contributed by atoms with Gasteiger partial charge in [0.25, 0.3) is 0 Å². The Morgan fingerprint density at radius 1 is 1.37 bits per heavy atom. The first-order valence-electron chi connectivity index (χ1n) is 7.30. The Hall–Kier alpha value is -1.06. The van der Waals surface area contributed by atoms with E-state index in [1.807, 2.05) is 0 Å². The average Bonchev–Trinajstić information content (AvgIpc) is 2.41. The van der Waals surface area contributed by atoms with Crippen molar-refractivity contribution < 1.29 is 4.74 Å². The lowest BCUT2D eigenvalue weighted by molar-refractivity contribution is -0.0566. The average molecular weight is 260 g/mol. The summed E-state index contributed by atoms with van der Waals surface area (Å²) >= 11 is 0. The summed E-state index contributed by atoms with van der Waals surface area (Å²) in [5, 5.41) is 3.57. The van der Waals surface area contributed by atoms with Crippen LogP contribution in [0.3, 0.4) is 0 Å².